The Hall–Kier alpha value is -1.59. The molecule has 0 unspecified atom stereocenters. The van der Waals surface area contributed by atoms with Gasteiger partial charge in [0, 0.05) is 12.6 Å². The summed E-state index contributed by atoms with van der Waals surface area (Å²) in [4.78, 5) is 5.82. The van der Waals surface area contributed by atoms with Crippen LogP contribution in [0.1, 0.15) is 24.5 Å². The highest BCUT2D eigenvalue weighted by Gasteiger charge is 2.12. The van der Waals surface area contributed by atoms with Crippen LogP contribution >= 0.6 is 11.3 Å². The van der Waals surface area contributed by atoms with E-state index in [1.807, 2.05) is 25.1 Å². The molecule has 0 fully saturated rings. The normalized spacial score (nSPS) is 11.0. The number of rotatable bonds is 6. The predicted octanol–water partition coefficient (Wildman–Crippen LogP) is 3.63. The Labute approximate surface area is 130 Å². The number of thiazole rings is 1. The van der Waals surface area contributed by atoms with Crippen molar-refractivity contribution < 1.29 is 9.47 Å². The summed E-state index contributed by atoms with van der Waals surface area (Å²) in [7, 11) is 3.30. The summed E-state index contributed by atoms with van der Waals surface area (Å²) >= 11 is 1.72. The molecule has 0 aliphatic heterocycles. The third-order valence-corrected chi connectivity index (χ3v) is 4.35. The third-order valence-electron chi connectivity index (χ3n) is 3.15. The van der Waals surface area contributed by atoms with Gasteiger partial charge in [-0.05, 0) is 30.7 Å². The lowest BCUT2D eigenvalue weighted by molar-refractivity contribution is 0.355. The molecule has 0 saturated heterocycles. The molecule has 21 heavy (non-hydrogen) atoms. The van der Waals surface area contributed by atoms with Gasteiger partial charge in [-0.15, -0.1) is 11.3 Å². The zero-order chi connectivity index (χ0) is 15.4. The summed E-state index contributed by atoms with van der Waals surface area (Å²) < 4.78 is 10.7. The quantitative estimate of drug-likeness (QED) is 0.885. The SMILES string of the molecule is COc1ccc(-c2sc(CNC(C)C)nc2C)cc1OC. The molecular formula is C16H22N2O2S. The maximum Gasteiger partial charge on any atom is 0.161 e. The van der Waals surface area contributed by atoms with Crippen molar-refractivity contribution in [2.45, 2.75) is 33.4 Å². The zero-order valence-corrected chi connectivity index (χ0v) is 14.0. The van der Waals surface area contributed by atoms with Crippen molar-refractivity contribution in [3.63, 3.8) is 0 Å². The monoisotopic (exact) mass is 306 g/mol. The van der Waals surface area contributed by atoms with Crippen LogP contribution in [0.25, 0.3) is 10.4 Å². The van der Waals surface area contributed by atoms with Gasteiger partial charge in [0.2, 0.25) is 0 Å². The summed E-state index contributed by atoms with van der Waals surface area (Å²) in [6, 6.07) is 6.43. The second-order valence-electron chi connectivity index (χ2n) is 5.13. The minimum Gasteiger partial charge on any atom is -0.493 e. The molecule has 0 amide bonds. The number of hydrogen-bond acceptors (Lipinski definition) is 5. The minimum absolute atomic E-state index is 0.457. The van der Waals surface area contributed by atoms with Gasteiger partial charge in [0.1, 0.15) is 5.01 Å². The number of ether oxygens (including phenoxy) is 2. The third kappa shape index (κ3) is 3.74. The molecule has 0 bridgehead atoms. The lowest BCUT2D eigenvalue weighted by Crippen LogP contribution is -2.21. The fourth-order valence-corrected chi connectivity index (χ4v) is 3.08. The molecule has 1 N–H and O–H groups in total. The second-order valence-corrected chi connectivity index (χ2v) is 6.21. The van der Waals surface area contributed by atoms with Crippen LogP contribution in [0.3, 0.4) is 0 Å². The average molecular weight is 306 g/mol. The van der Waals surface area contributed by atoms with Gasteiger partial charge >= 0.3 is 0 Å². The van der Waals surface area contributed by atoms with E-state index in [0.29, 0.717) is 6.04 Å². The van der Waals surface area contributed by atoms with E-state index >= 15 is 0 Å². The molecule has 2 rings (SSSR count). The van der Waals surface area contributed by atoms with Crippen LogP contribution in [0.5, 0.6) is 11.5 Å². The molecule has 114 valence electrons. The first-order chi connectivity index (χ1) is 10.0. The highest BCUT2D eigenvalue weighted by atomic mass is 32.1. The first-order valence-electron chi connectivity index (χ1n) is 6.97. The smallest absolute Gasteiger partial charge is 0.161 e. The second kappa shape index (κ2) is 6.91. The Balaban J connectivity index is 2.29. The zero-order valence-electron chi connectivity index (χ0n) is 13.2. The first-order valence-corrected chi connectivity index (χ1v) is 7.79. The van der Waals surface area contributed by atoms with Crippen molar-refractivity contribution in [1.82, 2.24) is 10.3 Å². The Morgan fingerprint density at radius 2 is 1.90 bits per heavy atom. The number of nitrogens with one attached hydrogen (secondary N) is 1. The summed E-state index contributed by atoms with van der Waals surface area (Å²) in [5, 5.41) is 4.50. The maximum atomic E-state index is 5.37. The maximum absolute atomic E-state index is 5.37. The van der Waals surface area contributed by atoms with Crippen molar-refractivity contribution in [3.8, 4) is 21.9 Å². The van der Waals surface area contributed by atoms with Gasteiger partial charge in [-0.1, -0.05) is 13.8 Å². The Kier molecular flexibility index (Phi) is 5.20. The highest BCUT2D eigenvalue weighted by molar-refractivity contribution is 7.15. The van der Waals surface area contributed by atoms with E-state index in [2.05, 4.69) is 24.1 Å². The number of nitrogens with zero attached hydrogens (tertiary/aromatic N) is 1. The van der Waals surface area contributed by atoms with E-state index in [4.69, 9.17) is 9.47 Å². The number of aromatic nitrogens is 1. The molecule has 5 heteroatoms. The van der Waals surface area contributed by atoms with Crippen LogP contribution < -0.4 is 14.8 Å². The van der Waals surface area contributed by atoms with Gasteiger partial charge in [-0.25, -0.2) is 4.98 Å². The average Bonchev–Trinajstić information content (AvgIpc) is 2.85. The molecule has 0 saturated carbocycles. The molecule has 0 aliphatic carbocycles. The molecular weight excluding hydrogens is 284 g/mol. The fourth-order valence-electron chi connectivity index (χ4n) is 2.06. The summed E-state index contributed by atoms with van der Waals surface area (Å²) in [5.74, 6) is 1.48. The van der Waals surface area contributed by atoms with Crippen molar-refractivity contribution in [2.24, 2.45) is 0 Å². The molecule has 0 aliphatic rings. The predicted molar refractivity (Wildman–Crippen MR) is 87.4 cm³/mol. The number of hydrogen-bond donors (Lipinski definition) is 1. The largest absolute Gasteiger partial charge is 0.493 e. The van der Waals surface area contributed by atoms with E-state index in [9.17, 15) is 0 Å². The van der Waals surface area contributed by atoms with E-state index in [1.54, 1.807) is 25.6 Å². The highest BCUT2D eigenvalue weighted by Crippen LogP contribution is 2.36. The minimum atomic E-state index is 0.457. The Bertz CT molecular complexity index is 608. The molecule has 1 heterocycles. The molecule has 1 aromatic heterocycles. The van der Waals surface area contributed by atoms with E-state index in [1.165, 1.54) is 4.88 Å². The van der Waals surface area contributed by atoms with Crippen LogP contribution in [0.2, 0.25) is 0 Å². The summed E-state index contributed by atoms with van der Waals surface area (Å²) in [6.45, 7) is 7.11. The van der Waals surface area contributed by atoms with Crippen LogP contribution in [-0.2, 0) is 6.54 Å². The standard InChI is InChI=1S/C16H22N2O2S/c1-10(2)17-9-15-18-11(3)16(21-15)12-6-7-13(19-4)14(8-12)20-5/h6-8,10,17H,9H2,1-5H3. The summed E-state index contributed by atoms with van der Waals surface area (Å²) in [6.07, 6.45) is 0. The van der Waals surface area contributed by atoms with Gasteiger partial charge in [-0.3, -0.25) is 0 Å². The van der Waals surface area contributed by atoms with Gasteiger partial charge in [0.05, 0.1) is 24.8 Å². The van der Waals surface area contributed by atoms with Gasteiger partial charge < -0.3 is 14.8 Å². The van der Waals surface area contributed by atoms with Crippen molar-refractivity contribution in [1.29, 1.82) is 0 Å². The number of methoxy groups -OCH3 is 2. The molecule has 2 aromatic rings. The molecule has 4 nitrogen and oxygen atoms in total. The van der Waals surface area contributed by atoms with Gasteiger partial charge in [0.15, 0.2) is 11.5 Å². The van der Waals surface area contributed by atoms with E-state index < -0.39 is 0 Å². The fraction of sp³-hybridized carbons (Fsp3) is 0.438. The first kappa shape index (κ1) is 15.8. The van der Waals surface area contributed by atoms with Crippen LogP contribution in [-0.4, -0.2) is 25.2 Å². The van der Waals surface area contributed by atoms with E-state index in [-0.39, 0.29) is 0 Å². The lowest BCUT2D eigenvalue weighted by Gasteiger charge is -2.08. The van der Waals surface area contributed by atoms with Crippen molar-refractivity contribution in [2.75, 3.05) is 14.2 Å². The number of benzene rings is 1. The van der Waals surface area contributed by atoms with Crippen molar-refractivity contribution in [3.05, 3.63) is 28.9 Å². The Morgan fingerprint density at radius 3 is 2.52 bits per heavy atom. The van der Waals surface area contributed by atoms with Crippen LogP contribution in [0, 0.1) is 6.92 Å². The number of aryl methyl sites for hydroxylation is 1. The molecule has 0 atom stereocenters. The molecule has 1 aromatic carbocycles. The van der Waals surface area contributed by atoms with Gasteiger partial charge in [0.25, 0.3) is 0 Å². The molecule has 0 spiro atoms. The topological polar surface area (TPSA) is 43.4 Å². The van der Waals surface area contributed by atoms with Crippen molar-refractivity contribution >= 4 is 11.3 Å². The van der Waals surface area contributed by atoms with Crippen LogP contribution in [0.4, 0.5) is 0 Å². The Morgan fingerprint density at radius 1 is 1.19 bits per heavy atom. The van der Waals surface area contributed by atoms with E-state index in [0.717, 1.165) is 34.3 Å². The van der Waals surface area contributed by atoms with Crippen LogP contribution in [0.15, 0.2) is 18.2 Å². The molecule has 0 radical (unpaired) electrons. The lowest BCUT2D eigenvalue weighted by atomic mass is 10.1. The summed E-state index contributed by atoms with van der Waals surface area (Å²) in [5.41, 5.74) is 2.16. The van der Waals surface area contributed by atoms with Gasteiger partial charge in [-0.2, -0.15) is 0 Å².